The number of piperidine rings is 1. The quantitative estimate of drug-likeness (QED) is 0.914. The van der Waals surface area contributed by atoms with E-state index in [1.807, 2.05) is 34.1 Å². The molecule has 2 aliphatic rings. The summed E-state index contributed by atoms with van der Waals surface area (Å²) in [4.78, 5) is 21.1. The van der Waals surface area contributed by atoms with E-state index in [9.17, 15) is 4.79 Å². The van der Waals surface area contributed by atoms with E-state index in [4.69, 9.17) is 10.3 Å². The number of carbonyl (C=O) groups is 1. The van der Waals surface area contributed by atoms with Crippen LogP contribution in [-0.4, -0.2) is 52.2 Å². The summed E-state index contributed by atoms with van der Waals surface area (Å²) in [5.74, 6) is 1.33. The lowest BCUT2D eigenvalue weighted by molar-refractivity contribution is 0.142. The van der Waals surface area contributed by atoms with E-state index < -0.39 is 0 Å². The van der Waals surface area contributed by atoms with Crippen LogP contribution in [-0.2, 0) is 6.54 Å². The van der Waals surface area contributed by atoms with Crippen molar-refractivity contribution in [2.45, 2.75) is 38.1 Å². The van der Waals surface area contributed by atoms with Crippen molar-refractivity contribution in [2.75, 3.05) is 26.2 Å². The van der Waals surface area contributed by atoms with Gasteiger partial charge < -0.3 is 20.1 Å². The van der Waals surface area contributed by atoms with E-state index in [0.29, 0.717) is 24.8 Å². The SMILES string of the molecule is NCc1ccc(-c2noc(C3CCCN(C(=O)N4CCCC4)C3)n2)cc1. The first-order valence-corrected chi connectivity index (χ1v) is 9.41. The van der Waals surface area contributed by atoms with Crippen LogP contribution in [0.4, 0.5) is 4.79 Å². The first-order chi connectivity index (χ1) is 12.7. The molecule has 4 rings (SSSR count). The van der Waals surface area contributed by atoms with E-state index in [1.165, 1.54) is 0 Å². The van der Waals surface area contributed by atoms with E-state index >= 15 is 0 Å². The first kappa shape index (κ1) is 17.0. The molecule has 1 unspecified atom stereocenters. The van der Waals surface area contributed by atoms with E-state index in [1.54, 1.807) is 0 Å². The van der Waals surface area contributed by atoms with Crippen molar-refractivity contribution in [3.63, 3.8) is 0 Å². The molecule has 7 heteroatoms. The molecule has 7 nitrogen and oxygen atoms in total. The number of likely N-dealkylation sites (tertiary alicyclic amines) is 2. The average molecular weight is 355 g/mol. The van der Waals surface area contributed by atoms with Gasteiger partial charge in [-0.15, -0.1) is 0 Å². The molecule has 3 heterocycles. The topological polar surface area (TPSA) is 88.5 Å². The summed E-state index contributed by atoms with van der Waals surface area (Å²) in [5.41, 5.74) is 7.62. The molecule has 1 aromatic heterocycles. The lowest BCUT2D eigenvalue weighted by atomic mass is 9.98. The van der Waals surface area contributed by atoms with Crippen LogP contribution in [0.1, 0.15) is 43.1 Å². The summed E-state index contributed by atoms with van der Waals surface area (Å²) < 4.78 is 5.53. The minimum absolute atomic E-state index is 0.111. The van der Waals surface area contributed by atoms with Gasteiger partial charge in [0.05, 0.1) is 5.92 Å². The molecule has 2 N–H and O–H groups in total. The molecule has 2 aliphatic heterocycles. The van der Waals surface area contributed by atoms with Crippen LogP contribution < -0.4 is 5.73 Å². The molecule has 138 valence electrons. The Balaban J connectivity index is 1.45. The second kappa shape index (κ2) is 7.45. The fourth-order valence-electron chi connectivity index (χ4n) is 3.77. The van der Waals surface area contributed by atoms with Crippen LogP contribution in [0, 0.1) is 0 Å². The van der Waals surface area contributed by atoms with Gasteiger partial charge in [-0.1, -0.05) is 29.4 Å². The Bertz CT molecular complexity index is 752. The van der Waals surface area contributed by atoms with Gasteiger partial charge in [-0.05, 0) is 31.2 Å². The van der Waals surface area contributed by atoms with Crippen molar-refractivity contribution in [2.24, 2.45) is 5.73 Å². The molecule has 2 amide bonds. The molecule has 2 fully saturated rings. The number of carbonyl (C=O) groups excluding carboxylic acids is 1. The molecule has 26 heavy (non-hydrogen) atoms. The number of rotatable bonds is 3. The maximum atomic E-state index is 12.6. The zero-order chi connectivity index (χ0) is 17.9. The number of nitrogens with two attached hydrogens (primary N) is 1. The molecule has 0 aliphatic carbocycles. The number of hydrogen-bond donors (Lipinski definition) is 1. The highest BCUT2D eigenvalue weighted by Gasteiger charge is 2.31. The maximum absolute atomic E-state index is 12.6. The largest absolute Gasteiger partial charge is 0.339 e. The highest BCUT2D eigenvalue weighted by atomic mass is 16.5. The lowest BCUT2D eigenvalue weighted by Crippen LogP contribution is -2.46. The standard InChI is InChI=1S/C19H25N5O2/c20-12-14-5-7-15(8-6-14)17-21-18(26-22-17)16-4-3-11-24(13-16)19(25)23-9-1-2-10-23/h5-8,16H,1-4,9-13,20H2. The third kappa shape index (κ3) is 3.44. The molecule has 2 saturated heterocycles. The minimum Gasteiger partial charge on any atom is -0.339 e. The summed E-state index contributed by atoms with van der Waals surface area (Å²) in [6.07, 6.45) is 4.16. The number of nitrogens with zero attached hydrogens (tertiary/aromatic N) is 4. The lowest BCUT2D eigenvalue weighted by Gasteiger charge is -2.33. The van der Waals surface area contributed by atoms with Gasteiger partial charge in [0.2, 0.25) is 11.7 Å². The van der Waals surface area contributed by atoms with E-state index in [-0.39, 0.29) is 11.9 Å². The summed E-state index contributed by atoms with van der Waals surface area (Å²) in [6.45, 7) is 3.74. The van der Waals surface area contributed by atoms with Gasteiger partial charge in [-0.2, -0.15) is 4.98 Å². The maximum Gasteiger partial charge on any atom is 0.320 e. The Morgan fingerprint density at radius 2 is 1.85 bits per heavy atom. The predicted molar refractivity (Wildman–Crippen MR) is 97.4 cm³/mol. The van der Waals surface area contributed by atoms with Crippen LogP contribution in [0.3, 0.4) is 0 Å². The van der Waals surface area contributed by atoms with Gasteiger partial charge >= 0.3 is 6.03 Å². The summed E-state index contributed by atoms with van der Waals surface area (Å²) in [5, 5.41) is 4.13. The highest BCUT2D eigenvalue weighted by Crippen LogP contribution is 2.28. The van der Waals surface area contributed by atoms with Crippen molar-refractivity contribution >= 4 is 6.03 Å². The van der Waals surface area contributed by atoms with Crippen LogP contribution in [0.5, 0.6) is 0 Å². The zero-order valence-electron chi connectivity index (χ0n) is 14.9. The molecule has 0 radical (unpaired) electrons. The average Bonchev–Trinajstić information content (AvgIpc) is 3.40. The molecule has 2 aromatic rings. The third-order valence-corrected chi connectivity index (χ3v) is 5.31. The van der Waals surface area contributed by atoms with Gasteiger partial charge in [-0.25, -0.2) is 4.79 Å². The number of urea groups is 1. The van der Waals surface area contributed by atoms with Crippen molar-refractivity contribution in [3.05, 3.63) is 35.7 Å². The second-order valence-electron chi connectivity index (χ2n) is 7.12. The number of benzene rings is 1. The first-order valence-electron chi connectivity index (χ1n) is 9.41. The summed E-state index contributed by atoms with van der Waals surface area (Å²) in [6, 6.07) is 8.02. The van der Waals surface area contributed by atoms with Gasteiger partial charge in [0, 0.05) is 38.3 Å². The van der Waals surface area contributed by atoms with Gasteiger partial charge in [-0.3, -0.25) is 0 Å². The van der Waals surface area contributed by atoms with Crippen LogP contribution in [0.25, 0.3) is 11.4 Å². The highest BCUT2D eigenvalue weighted by molar-refractivity contribution is 5.75. The van der Waals surface area contributed by atoms with Crippen LogP contribution in [0.2, 0.25) is 0 Å². The Hall–Kier alpha value is -2.41. The summed E-state index contributed by atoms with van der Waals surface area (Å²) in [7, 11) is 0. The van der Waals surface area contributed by atoms with Crippen molar-refractivity contribution < 1.29 is 9.32 Å². The Labute approximate surface area is 153 Å². The molecule has 0 spiro atoms. The predicted octanol–water partition coefficient (Wildman–Crippen LogP) is 2.59. The third-order valence-electron chi connectivity index (χ3n) is 5.31. The van der Waals surface area contributed by atoms with Crippen LogP contribution in [0.15, 0.2) is 28.8 Å². The zero-order valence-corrected chi connectivity index (χ0v) is 14.9. The summed E-state index contributed by atoms with van der Waals surface area (Å²) >= 11 is 0. The fraction of sp³-hybridized carbons (Fsp3) is 0.526. The van der Waals surface area contributed by atoms with Crippen LogP contribution >= 0.6 is 0 Å². The Morgan fingerprint density at radius 3 is 2.58 bits per heavy atom. The molecule has 0 bridgehead atoms. The number of amides is 2. The van der Waals surface area contributed by atoms with Crippen molar-refractivity contribution in [1.82, 2.24) is 19.9 Å². The fourth-order valence-corrected chi connectivity index (χ4v) is 3.77. The van der Waals surface area contributed by atoms with Crippen molar-refractivity contribution in [3.8, 4) is 11.4 Å². The van der Waals surface area contributed by atoms with Crippen molar-refractivity contribution in [1.29, 1.82) is 0 Å². The van der Waals surface area contributed by atoms with Gasteiger partial charge in [0.25, 0.3) is 0 Å². The number of hydrogen-bond acceptors (Lipinski definition) is 5. The van der Waals surface area contributed by atoms with Gasteiger partial charge in [0.1, 0.15) is 0 Å². The molecule has 0 saturated carbocycles. The molecule has 1 atom stereocenters. The minimum atomic E-state index is 0.111. The normalized spacial score (nSPS) is 20.6. The molecular weight excluding hydrogens is 330 g/mol. The van der Waals surface area contributed by atoms with E-state index in [2.05, 4.69) is 10.1 Å². The molecule has 1 aromatic carbocycles. The van der Waals surface area contributed by atoms with Gasteiger partial charge in [0.15, 0.2) is 0 Å². The van der Waals surface area contributed by atoms with E-state index in [0.717, 1.165) is 56.4 Å². The molecular formula is C19H25N5O2. The number of aromatic nitrogens is 2. The Kier molecular flexibility index (Phi) is 4.88. The Morgan fingerprint density at radius 1 is 1.12 bits per heavy atom. The second-order valence-corrected chi connectivity index (χ2v) is 7.12. The monoisotopic (exact) mass is 355 g/mol. The smallest absolute Gasteiger partial charge is 0.320 e.